The zero-order valence-electron chi connectivity index (χ0n) is 15.6. The Hall–Kier alpha value is -1.30. The highest BCUT2D eigenvalue weighted by Gasteiger charge is 2.20. The third kappa shape index (κ3) is 6.84. The zero-order valence-corrected chi connectivity index (χ0v) is 16.4. The van der Waals surface area contributed by atoms with Crippen molar-refractivity contribution >= 4 is 17.6 Å². The van der Waals surface area contributed by atoms with Crippen LogP contribution in [-0.4, -0.2) is 63.3 Å². The van der Waals surface area contributed by atoms with E-state index in [2.05, 4.69) is 42.4 Å². The quantitative estimate of drug-likeness (QED) is 0.575. The number of aliphatic imine (C=N–C) groups is 1. The predicted octanol–water partition coefficient (Wildman–Crippen LogP) is 2.50. The molecule has 140 valence electrons. The Morgan fingerprint density at radius 1 is 1.28 bits per heavy atom. The molecule has 2 rings (SSSR count). The minimum atomic E-state index is -0.0720. The van der Waals surface area contributed by atoms with Crippen LogP contribution >= 0.6 is 11.6 Å². The van der Waals surface area contributed by atoms with Crippen LogP contribution in [-0.2, 0) is 10.2 Å². The Morgan fingerprint density at radius 2 is 2.04 bits per heavy atom. The first kappa shape index (κ1) is 20.0. The van der Waals surface area contributed by atoms with Gasteiger partial charge < -0.3 is 15.4 Å². The molecule has 1 fully saturated rings. The molecule has 0 saturated carbocycles. The van der Waals surface area contributed by atoms with Crippen molar-refractivity contribution in [3.05, 3.63) is 34.9 Å². The Balaban J connectivity index is 1.89. The van der Waals surface area contributed by atoms with Gasteiger partial charge in [-0.2, -0.15) is 0 Å². The van der Waals surface area contributed by atoms with E-state index in [4.69, 9.17) is 21.3 Å². The van der Waals surface area contributed by atoms with Gasteiger partial charge in [0.15, 0.2) is 5.96 Å². The lowest BCUT2D eigenvalue weighted by atomic mass is 9.85. The first-order valence-electron chi connectivity index (χ1n) is 9.09. The minimum Gasteiger partial charge on any atom is -0.379 e. The first-order valence-corrected chi connectivity index (χ1v) is 9.47. The van der Waals surface area contributed by atoms with Crippen molar-refractivity contribution in [2.45, 2.75) is 26.2 Å². The first-order chi connectivity index (χ1) is 12.0. The monoisotopic (exact) mass is 366 g/mol. The molecular formula is C19H31ClN4O. The molecule has 1 saturated heterocycles. The molecule has 2 N–H and O–H groups in total. The fourth-order valence-electron chi connectivity index (χ4n) is 2.78. The topological polar surface area (TPSA) is 48.9 Å². The molecule has 0 atom stereocenters. The molecule has 0 amide bonds. The number of nitrogens with zero attached hydrogens (tertiary/aromatic N) is 2. The fraction of sp³-hybridized carbons (Fsp3) is 0.632. The van der Waals surface area contributed by atoms with E-state index in [1.165, 1.54) is 5.56 Å². The van der Waals surface area contributed by atoms with Crippen LogP contribution in [0.25, 0.3) is 0 Å². The van der Waals surface area contributed by atoms with Gasteiger partial charge in [0.1, 0.15) is 0 Å². The largest absolute Gasteiger partial charge is 0.379 e. The molecule has 0 aliphatic carbocycles. The highest BCUT2D eigenvalue weighted by molar-refractivity contribution is 6.30. The molecule has 0 aromatic heterocycles. The van der Waals surface area contributed by atoms with Crippen LogP contribution < -0.4 is 10.6 Å². The summed E-state index contributed by atoms with van der Waals surface area (Å²) in [4.78, 5) is 7.19. The maximum Gasteiger partial charge on any atom is 0.191 e. The van der Waals surface area contributed by atoms with E-state index in [9.17, 15) is 0 Å². The minimum absolute atomic E-state index is 0.0720. The molecule has 1 aromatic carbocycles. The van der Waals surface area contributed by atoms with E-state index < -0.39 is 0 Å². The summed E-state index contributed by atoms with van der Waals surface area (Å²) in [6.45, 7) is 13.6. The third-order valence-electron chi connectivity index (χ3n) is 4.41. The van der Waals surface area contributed by atoms with Gasteiger partial charge in [-0.25, -0.2) is 0 Å². The predicted molar refractivity (Wildman–Crippen MR) is 106 cm³/mol. The van der Waals surface area contributed by atoms with Crippen LogP contribution in [0.5, 0.6) is 0 Å². The van der Waals surface area contributed by atoms with Gasteiger partial charge in [0.25, 0.3) is 0 Å². The average molecular weight is 367 g/mol. The van der Waals surface area contributed by atoms with Crippen LogP contribution in [0.3, 0.4) is 0 Å². The van der Waals surface area contributed by atoms with Gasteiger partial charge in [-0.15, -0.1) is 0 Å². The van der Waals surface area contributed by atoms with Crippen LogP contribution in [0.4, 0.5) is 0 Å². The maximum absolute atomic E-state index is 6.13. The molecule has 25 heavy (non-hydrogen) atoms. The van der Waals surface area contributed by atoms with Gasteiger partial charge in [-0.05, 0) is 24.6 Å². The number of nitrogens with one attached hydrogen (secondary N) is 2. The SMILES string of the molecule is CCNC(=NCC(C)(C)c1cccc(Cl)c1)NCCN1CCOCC1. The van der Waals surface area contributed by atoms with Crippen LogP contribution in [0.15, 0.2) is 29.3 Å². The van der Waals surface area contributed by atoms with Crippen molar-refractivity contribution in [3.8, 4) is 0 Å². The Bertz CT molecular complexity index is 556. The molecule has 6 heteroatoms. The van der Waals surface area contributed by atoms with E-state index >= 15 is 0 Å². The van der Waals surface area contributed by atoms with Crippen LogP contribution in [0.1, 0.15) is 26.3 Å². The molecular weight excluding hydrogens is 336 g/mol. The Morgan fingerprint density at radius 3 is 2.72 bits per heavy atom. The standard InChI is InChI=1S/C19H31ClN4O/c1-4-21-18(22-8-9-24-10-12-25-13-11-24)23-15-19(2,3)16-6-5-7-17(20)14-16/h5-7,14H,4,8-13,15H2,1-3H3,(H2,21,22,23). The summed E-state index contributed by atoms with van der Waals surface area (Å²) in [6, 6.07) is 8.03. The third-order valence-corrected chi connectivity index (χ3v) is 4.64. The number of guanidine groups is 1. The van der Waals surface area contributed by atoms with E-state index in [1.54, 1.807) is 0 Å². The molecule has 5 nitrogen and oxygen atoms in total. The van der Waals surface area contributed by atoms with Crippen molar-refractivity contribution in [2.75, 3.05) is 52.5 Å². The second-order valence-corrected chi connectivity index (χ2v) is 7.41. The van der Waals surface area contributed by atoms with Gasteiger partial charge in [-0.3, -0.25) is 9.89 Å². The van der Waals surface area contributed by atoms with Crippen molar-refractivity contribution < 1.29 is 4.74 Å². The summed E-state index contributed by atoms with van der Waals surface area (Å²) in [5, 5.41) is 7.53. The number of halogens is 1. The van der Waals surface area contributed by atoms with Gasteiger partial charge in [-0.1, -0.05) is 37.6 Å². The van der Waals surface area contributed by atoms with E-state index in [0.29, 0.717) is 6.54 Å². The summed E-state index contributed by atoms with van der Waals surface area (Å²) >= 11 is 6.13. The molecule has 0 bridgehead atoms. The molecule has 1 aliphatic heterocycles. The summed E-state index contributed by atoms with van der Waals surface area (Å²) in [5.74, 6) is 0.867. The molecule has 0 radical (unpaired) electrons. The lowest BCUT2D eigenvalue weighted by Gasteiger charge is -2.27. The summed E-state index contributed by atoms with van der Waals surface area (Å²) in [5.41, 5.74) is 1.13. The normalized spacial score (nSPS) is 16.7. The number of morpholine rings is 1. The van der Waals surface area contributed by atoms with Crippen molar-refractivity contribution in [1.29, 1.82) is 0 Å². The van der Waals surface area contributed by atoms with E-state index in [0.717, 1.165) is 56.9 Å². The zero-order chi connectivity index (χ0) is 18.1. The molecule has 1 aliphatic rings. The fourth-order valence-corrected chi connectivity index (χ4v) is 2.97. The summed E-state index contributed by atoms with van der Waals surface area (Å²) in [6.07, 6.45) is 0. The number of ether oxygens (including phenoxy) is 1. The van der Waals surface area contributed by atoms with Crippen molar-refractivity contribution in [3.63, 3.8) is 0 Å². The Labute approximate surface area is 156 Å². The maximum atomic E-state index is 6.13. The van der Waals surface area contributed by atoms with E-state index in [1.807, 2.05) is 18.2 Å². The highest BCUT2D eigenvalue weighted by Crippen LogP contribution is 2.25. The van der Waals surface area contributed by atoms with Gasteiger partial charge in [0, 0.05) is 43.2 Å². The van der Waals surface area contributed by atoms with Crippen LogP contribution in [0, 0.1) is 0 Å². The summed E-state index contributed by atoms with van der Waals surface area (Å²) in [7, 11) is 0. The lowest BCUT2D eigenvalue weighted by Crippen LogP contribution is -2.44. The van der Waals surface area contributed by atoms with Gasteiger partial charge >= 0.3 is 0 Å². The molecule has 0 unspecified atom stereocenters. The second-order valence-electron chi connectivity index (χ2n) is 6.97. The number of rotatable bonds is 7. The van der Waals surface area contributed by atoms with Crippen molar-refractivity contribution in [2.24, 2.45) is 4.99 Å². The van der Waals surface area contributed by atoms with Gasteiger partial charge in [0.2, 0.25) is 0 Å². The highest BCUT2D eigenvalue weighted by atomic mass is 35.5. The second kappa shape index (κ2) is 10.00. The average Bonchev–Trinajstić information content (AvgIpc) is 2.61. The number of benzene rings is 1. The van der Waals surface area contributed by atoms with Crippen LogP contribution in [0.2, 0.25) is 5.02 Å². The Kier molecular flexibility index (Phi) is 8.00. The number of hydrogen-bond acceptors (Lipinski definition) is 3. The molecule has 1 aromatic rings. The molecule has 0 spiro atoms. The summed E-state index contributed by atoms with van der Waals surface area (Å²) < 4.78 is 5.38. The molecule has 1 heterocycles. The lowest BCUT2D eigenvalue weighted by molar-refractivity contribution is 0.0389. The van der Waals surface area contributed by atoms with E-state index in [-0.39, 0.29) is 5.41 Å². The van der Waals surface area contributed by atoms with Gasteiger partial charge in [0.05, 0.1) is 19.8 Å². The smallest absolute Gasteiger partial charge is 0.191 e. The van der Waals surface area contributed by atoms with Crippen molar-refractivity contribution in [1.82, 2.24) is 15.5 Å². The number of hydrogen-bond donors (Lipinski definition) is 2.